The third kappa shape index (κ3) is 4.06. The molecule has 7 heteroatoms. The van der Waals surface area contributed by atoms with Crippen LogP contribution in [0.3, 0.4) is 0 Å². The molecule has 132 valence electrons. The van der Waals surface area contributed by atoms with Gasteiger partial charge in [-0.25, -0.2) is 9.97 Å². The van der Waals surface area contributed by atoms with Crippen molar-refractivity contribution in [2.24, 2.45) is 0 Å². The molecular formula is C18H20N2O2S3. The van der Waals surface area contributed by atoms with Crippen LogP contribution in [0.15, 0.2) is 28.9 Å². The largest absolute Gasteiger partial charge is 0.390 e. The Hall–Kier alpha value is -0.990. The van der Waals surface area contributed by atoms with Gasteiger partial charge in [0, 0.05) is 20.9 Å². The summed E-state index contributed by atoms with van der Waals surface area (Å²) in [4.78, 5) is 12.7. The number of aryl methyl sites for hydroxylation is 2. The lowest BCUT2D eigenvalue weighted by atomic mass is 9.97. The summed E-state index contributed by atoms with van der Waals surface area (Å²) in [7, 11) is 0. The highest BCUT2D eigenvalue weighted by Gasteiger charge is 2.20. The van der Waals surface area contributed by atoms with Gasteiger partial charge in [-0.15, -0.1) is 34.4 Å². The second-order valence-corrected chi connectivity index (χ2v) is 9.25. The Balaban J connectivity index is 1.38. The molecule has 0 amide bonds. The Bertz CT molecular complexity index is 832. The van der Waals surface area contributed by atoms with E-state index in [0.717, 1.165) is 16.3 Å². The molecule has 0 fully saturated rings. The minimum absolute atomic E-state index is 0.348. The number of thiophene rings is 2. The van der Waals surface area contributed by atoms with Crippen LogP contribution in [-0.4, -0.2) is 33.5 Å². The van der Waals surface area contributed by atoms with E-state index in [2.05, 4.69) is 9.97 Å². The first kappa shape index (κ1) is 17.4. The number of rotatable bonds is 7. The van der Waals surface area contributed by atoms with Crippen LogP contribution in [0.1, 0.15) is 28.2 Å². The number of ether oxygens (including phenoxy) is 1. The van der Waals surface area contributed by atoms with Gasteiger partial charge in [0.1, 0.15) is 16.2 Å². The number of hydrogen-bond donors (Lipinski definition) is 1. The van der Waals surface area contributed by atoms with Crippen LogP contribution in [0, 0.1) is 0 Å². The lowest BCUT2D eigenvalue weighted by Gasteiger charge is -2.13. The average Bonchev–Trinajstić information content (AvgIpc) is 3.27. The molecule has 3 aromatic heterocycles. The van der Waals surface area contributed by atoms with Crippen LogP contribution in [0.25, 0.3) is 10.2 Å². The minimum Gasteiger partial charge on any atom is -0.390 e. The van der Waals surface area contributed by atoms with Gasteiger partial charge >= 0.3 is 0 Å². The number of nitrogens with zero attached hydrogens (tertiary/aromatic N) is 2. The summed E-state index contributed by atoms with van der Waals surface area (Å²) in [6, 6.07) is 4.06. The Labute approximate surface area is 159 Å². The summed E-state index contributed by atoms with van der Waals surface area (Å²) in [5, 5.41) is 14.5. The molecule has 0 aliphatic heterocycles. The highest BCUT2D eigenvalue weighted by molar-refractivity contribution is 7.99. The first-order valence-electron chi connectivity index (χ1n) is 8.47. The number of fused-ring (bicyclic) bond motifs is 3. The Kier molecular flexibility index (Phi) is 5.67. The predicted molar refractivity (Wildman–Crippen MR) is 105 cm³/mol. The summed E-state index contributed by atoms with van der Waals surface area (Å²) < 4.78 is 5.61. The molecule has 4 rings (SSSR count). The zero-order chi connectivity index (χ0) is 17.1. The highest BCUT2D eigenvalue weighted by atomic mass is 32.2. The van der Waals surface area contributed by atoms with Gasteiger partial charge in [-0.05, 0) is 42.7 Å². The van der Waals surface area contributed by atoms with E-state index < -0.39 is 6.10 Å². The van der Waals surface area contributed by atoms with Crippen molar-refractivity contribution in [3.8, 4) is 0 Å². The Morgan fingerprint density at radius 1 is 1.28 bits per heavy atom. The molecule has 0 unspecified atom stereocenters. The molecule has 0 radical (unpaired) electrons. The second kappa shape index (κ2) is 8.14. The second-order valence-electron chi connectivity index (χ2n) is 6.13. The molecule has 3 aromatic rings. The van der Waals surface area contributed by atoms with E-state index in [4.69, 9.17) is 4.74 Å². The maximum Gasteiger partial charge on any atom is 0.128 e. The Morgan fingerprint density at radius 2 is 2.20 bits per heavy atom. The maximum absolute atomic E-state index is 10.2. The first-order valence-corrected chi connectivity index (χ1v) is 11.2. The summed E-state index contributed by atoms with van der Waals surface area (Å²) in [6.45, 7) is 0.913. The third-order valence-corrected chi connectivity index (χ3v) is 7.45. The number of aromatic nitrogens is 2. The van der Waals surface area contributed by atoms with Crippen molar-refractivity contribution < 1.29 is 9.84 Å². The highest BCUT2D eigenvalue weighted by Crippen LogP contribution is 2.39. The van der Waals surface area contributed by atoms with Crippen LogP contribution in [0.2, 0.25) is 0 Å². The molecule has 1 aliphatic rings. The topological polar surface area (TPSA) is 55.2 Å². The first-order chi connectivity index (χ1) is 12.3. The summed E-state index contributed by atoms with van der Waals surface area (Å²) in [5.41, 5.74) is 1.44. The molecule has 1 N–H and O–H groups in total. The summed E-state index contributed by atoms with van der Waals surface area (Å²) in [6.07, 6.45) is 5.96. The standard InChI is InChI=1S/C18H20N2O2S3/c21-12(8-22-9-13-4-3-7-23-13)10-24-17-16-14-5-1-2-6-15(14)25-18(16)20-11-19-17/h3-4,7,11-12,21H,1-2,5-6,8-10H2/t12-/m1/s1. The smallest absolute Gasteiger partial charge is 0.128 e. The maximum atomic E-state index is 10.2. The SMILES string of the molecule is O[C@H](COCc1cccs1)CSc1ncnc2sc3c(c12)CCCC3. The third-order valence-electron chi connectivity index (χ3n) is 4.26. The molecule has 0 saturated carbocycles. The fraction of sp³-hybridized carbons (Fsp3) is 0.444. The van der Waals surface area contributed by atoms with Crippen LogP contribution in [0.4, 0.5) is 0 Å². The average molecular weight is 393 g/mol. The van der Waals surface area contributed by atoms with E-state index in [1.807, 2.05) is 28.8 Å². The molecule has 0 spiro atoms. The molecule has 4 nitrogen and oxygen atoms in total. The molecule has 3 heterocycles. The molecule has 0 aromatic carbocycles. The van der Waals surface area contributed by atoms with E-state index in [-0.39, 0.29) is 0 Å². The number of aliphatic hydroxyl groups is 1. The molecule has 0 bridgehead atoms. The molecular weight excluding hydrogens is 372 g/mol. The van der Waals surface area contributed by atoms with Gasteiger partial charge in [0.15, 0.2) is 0 Å². The fourth-order valence-corrected chi connectivity index (χ4v) is 5.95. The number of aliphatic hydroxyl groups excluding tert-OH is 1. The van der Waals surface area contributed by atoms with Gasteiger partial charge in [0.2, 0.25) is 0 Å². The van der Waals surface area contributed by atoms with Crippen molar-refractivity contribution >= 4 is 44.7 Å². The van der Waals surface area contributed by atoms with Crippen molar-refractivity contribution in [1.29, 1.82) is 0 Å². The van der Waals surface area contributed by atoms with E-state index in [1.54, 1.807) is 29.4 Å². The molecule has 0 saturated heterocycles. The number of hydrogen-bond acceptors (Lipinski definition) is 7. The van der Waals surface area contributed by atoms with Crippen LogP contribution < -0.4 is 0 Å². The van der Waals surface area contributed by atoms with Gasteiger partial charge in [-0.1, -0.05) is 6.07 Å². The normalized spacial score (nSPS) is 15.4. The van der Waals surface area contributed by atoms with E-state index >= 15 is 0 Å². The van der Waals surface area contributed by atoms with E-state index in [1.165, 1.54) is 40.0 Å². The van der Waals surface area contributed by atoms with Gasteiger partial charge in [-0.3, -0.25) is 0 Å². The van der Waals surface area contributed by atoms with Crippen molar-refractivity contribution in [1.82, 2.24) is 9.97 Å². The van der Waals surface area contributed by atoms with Crippen molar-refractivity contribution in [3.05, 3.63) is 39.2 Å². The monoisotopic (exact) mass is 392 g/mol. The van der Waals surface area contributed by atoms with Gasteiger partial charge < -0.3 is 9.84 Å². The van der Waals surface area contributed by atoms with E-state index in [0.29, 0.717) is 19.0 Å². The summed E-state index contributed by atoms with van der Waals surface area (Å²) in [5.74, 6) is 0.584. The van der Waals surface area contributed by atoms with Crippen LogP contribution >= 0.6 is 34.4 Å². The lowest BCUT2D eigenvalue weighted by molar-refractivity contribution is 0.0409. The van der Waals surface area contributed by atoms with Gasteiger partial charge in [0.05, 0.1) is 19.3 Å². The summed E-state index contributed by atoms with van der Waals surface area (Å²) >= 11 is 5.09. The minimum atomic E-state index is -0.496. The van der Waals surface area contributed by atoms with Gasteiger partial charge in [0.25, 0.3) is 0 Å². The zero-order valence-electron chi connectivity index (χ0n) is 13.8. The van der Waals surface area contributed by atoms with Crippen LogP contribution in [-0.2, 0) is 24.2 Å². The van der Waals surface area contributed by atoms with Crippen molar-refractivity contribution in [3.63, 3.8) is 0 Å². The number of thioether (sulfide) groups is 1. The van der Waals surface area contributed by atoms with Crippen molar-refractivity contribution in [2.75, 3.05) is 12.4 Å². The molecule has 1 atom stereocenters. The molecule has 1 aliphatic carbocycles. The predicted octanol–water partition coefficient (Wildman–Crippen LogP) is 4.30. The zero-order valence-corrected chi connectivity index (χ0v) is 16.3. The van der Waals surface area contributed by atoms with Crippen LogP contribution in [0.5, 0.6) is 0 Å². The van der Waals surface area contributed by atoms with E-state index in [9.17, 15) is 5.11 Å². The molecule has 25 heavy (non-hydrogen) atoms. The van der Waals surface area contributed by atoms with Gasteiger partial charge in [-0.2, -0.15) is 0 Å². The fourth-order valence-electron chi connectivity index (χ4n) is 3.08. The quantitative estimate of drug-likeness (QED) is 0.480. The lowest BCUT2D eigenvalue weighted by Crippen LogP contribution is -2.17. The van der Waals surface area contributed by atoms with Crippen molar-refractivity contribution in [2.45, 2.75) is 43.4 Å². The Morgan fingerprint density at radius 3 is 3.08 bits per heavy atom.